The van der Waals surface area contributed by atoms with Crippen LogP contribution in [0.4, 0.5) is 5.69 Å². The molecule has 124 valence electrons. The Morgan fingerprint density at radius 3 is 2.68 bits per heavy atom. The van der Waals surface area contributed by atoms with Crippen LogP contribution in [0.15, 0.2) is 65.1 Å². The molecule has 4 aromatic rings. The zero-order chi connectivity index (χ0) is 17.4. The van der Waals surface area contributed by atoms with Crippen LogP contribution in [0.1, 0.15) is 16.1 Å². The molecular formula is C21H17NO3. The molecule has 0 bridgehead atoms. The van der Waals surface area contributed by atoms with Crippen LogP contribution in [-0.4, -0.2) is 13.0 Å². The highest BCUT2D eigenvalue weighted by molar-refractivity contribution is 6.11. The van der Waals surface area contributed by atoms with Gasteiger partial charge in [-0.3, -0.25) is 4.79 Å². The summed E-state index contributed by atoms with van der Waals surface area (Å²) in [6, 6.07) is 19.3. The minimum absolute atomic E-state index is 0.273. The molecule has 0 saturated heterocycles. The summed E-state index contributed by atoms with van der Waals surface area (Å²) >= 11 is 0. The van der Waals surface area contributed by atoms with Crippen molar-refractivity contribution in [3.8, 4) is 5.75 Å². The molecule has 0 saturated carbocycles. The van der Waals surface area contributed by atoms with Gasteiger partial charge in [0.1, 0.15) is 11.3 Å². The Bertz CT molecular complexity index is 1090. The van der Waals surface area contributed by atoms with Gasteiger partial charge in [0.15, 0.2) is 5.76 Å². The number of anilines is 1. The molecule has 3 aromatic carbocycles. The summed E-state index contributed by atoms with van der Waals surface area (Å²) in [6.45, 7) is 1.96. The Balaban J connectivity index is 1.73. The van der Waals surface area contributed by atoms with Crippen molar-refractivity contribution in [1.29, 1.82) is 0 Å². The second-order valence-corrected chi connectivity index (χ2v) is 5.97. The van der Waals surface area contributed by atoms with Crippen molar-refractivity contribution < 1.29 is 13.9 Å². The molecule has 0 unspecified atom stereocenters. The monoisotopic (exact) mass is 331 g/mol. The molecule has 0 fully saturated rings. The largest absolute Gasteiger partial charge is 0.495 e. The van der Waals surface area contributed by atoms with E-state index in [1.54, 1.807) is 13.2 Å². The number of benzene rings is 3. The zero-order valence-electron chi connectivity index (χ0n) is 14.0. The summed E-state index contributed by atoms with van der Waals surface area (Å²) in [6.07, 6.45) is 0. The molecule has 1 heterocycles. The first kappa shape index (κ1) is 15.3. The second kappa shape index (κ2) is 5.98. The number of amides is 1. The van der Waals surface area contributed by atoms with E-state index in [0.29, 0.717) is 17.0 Å². The van der Waals surface area contributed by atoms with E-state index in [4.69, 9.17) is 9.15 Å². The molecule has 4 heteroatoms. The lowest BCUT2D eigenvalue weighted by Crippen LogP contribution is -2.11. The van der Waals surface area contributed by atoms with Crippen molar-refractivity contribution in [2.75, 3.05) is 12.4 Å². The quantitative estimate of drug-likeness (QED) is 0.564. The summed E-state index contributed by atoms with van der Waals surface area (Å²) in [5.74, 6) is 0.583. The van der Waals surface area contributed by atoms with Gasteiger partial charge in [0.25, 0.3) is 5.91 Å². The number of hydrogen-bond donors (Lipinski definition) is 1. The normalized spacial score (nSPS) is 11.0. The second-order valence-electron chi connectivity index (χ2n) is 5.97. The number of carbonyl (C=O) groups excluding carboxylic acids is 1. The highest BCUT2D eigenvalue weighted by atomic mass is 16.5. The third kappa shape index (κ3) is 2.72. The van der Waals surface area contributed by atoms with Gasteiger partial charge in [0.2, 0.25) is 0 Å². The molecule has 0 atom stereocenters. The number of fused-ring (bicyclic) bond motifs is 3. The minimum atomic E-state index is -0.302. The third-order valence-electron chi connectivity index (χ3n) is 4.25. The van der Waals surface area contributed by atoms with Crippen LogP contribution in [-0.2, 0) is 0 Å². The predicted molar refractivity (Wildman–Crippen MR) is 99.4 cm³/mol. The number of methoxy groups -OCH3 is 1. The van der Waals surface area contributed by atoms with Gasteiger partial charge in [0, 0.05) is 5.39 Å². The van der Waals surface area contributed by atoms with Crippen LogP contribution >= 0.6 is 0 Å². The summed E-state index contributed by atoms with van der Waals surface area (Å²) in [7, 11) is 1.58. The molecular weight excluding hydrogens is 314 g/mol. The van der Waals surface area contributed by atoms with Gasteiger partial charge >= 0.3 is 0 Å². The number of carbonyl (C=O) groups is 1. The van der Waals surface area contributed by atoms with Crippen LogP contribution in [0.2, 0.25) is 0 Å². The molecule has 0 radical (unpaired) electrons. The number of hydrogen-bond acceptors (Lipinski definition) is 3. The molecule has 0 aliphatic carbocycles. The Hall–Kier alpha value is -3.27. The van der Waals surface area contributed by atoms with Crippen molar-refractivity contribution in [2.45, 2.75) is 6.92 Å². The van der Waals surface area contributed by atoms with Crippen molar-refractivity contribution >= 4 is 33.3 Å². The first-order valence-electron chi connectivity index (χ1n) is 8.03. The predicted octanol–water partition coefficient (Wildman–Crippen LogP) is 5.16. The fourth-order valence-corrected chi connectivity index (χ4v) is 3.01. The SMILES string of the molecule is COc1ccc(C)cc1NC(=O)c1cc2c(ccc3ccccc32)o1. The first-order chi connectivity index (χ1) is 12.2. The van der Waals surface area contributed by atoms with E-state index in [1.807, 2.05) is 61.5 Å². The van der Waals surface area contributed by atoms with E-state index < -0.39 is 0 Å². The van der Waals surface area contributed by atoms with Gasteiger partial charge in [0.05, 0.1) is 12.8 Å². The molecule has 0 spiro atoms. The molecule has 0 aliphatic rings. The number of rotatable bonds is 3. The van der Waals surface area contributed by atoms with Gasteiger partial charge in [-0.05, 0) is 47.5 Å². The molecule has 0 aliphatic heterocycles. The van der Waals surface area contributed by atoms with E-state index >= 15 is 0 Å². The molecule has 25 heavy (non-hydrogen) atoms. The van der Waals surface area contributed by atoms with Gasteiger partial charge in [-0.15, -0.1) is 0 Å². The number of ether oxygens (including phenoxy) is 1. The molecule has 4 nitrogen and oxygen atoms in total. The van der Waals surface area contributed by atoms with Crippen molar-refractivity contribution in [3.63, 3.8) is 0 Å². The fraction of sp³-hybridized carbons (Fsp3) is 0.0952. The molecule has 1 N–H and O–H groups in total. The Kier molecular flexibility index (Phi) is 3.65. The van der Waals surface area contributed by atoms with Crippen LogP contribution in [0, 0.1) is 6.92 Å². The van der Waals surface area contributed by atoms with Crippen molar-refractivity contribution in [1.82, 2.24) is 0 Å². The van der Waals surface area contributed by atoms with Gasteiger partial charge in [-0.2, -0.15) is 0 Å². The third-order valence-corrected chi connectivity index (χ3v) is 4.25. The van der Waals surface area contributed by atoms with Gasteiger partial charge in [-0.25, -0.2) is 0 Å². The summed E-state index contributed by atoms with van der Waals surface area (Å²) in [5.41, 5.74) is 2.35. The lowest BCUT2D eigenvalue weighted by Gasteiger charge is -2.09. The van der Waals surface area contributed by atoms with E-state index in [9.17, 15) is 4.79 Å². The van der Waals surface area contributed by atoms with Crippen molar-refractivity contribution in [2.24, 2.45) is 0 Å². The standard InChI is InChI=1S/C21H17NO3/c1-13-7-9-19(24-2)17(11-13)22-21(23)20-12-16-15-6-4-3-5-14(15)8-10-18(16)25-20/h3-12H,1-2H3,(H,22,23). The summed E-state index contributed by atoms with van der Waals surface area (Å²) in [5, 5.41) is 5.98. The number of furan rings is 1. The Morgan fingerprint density at radius 1 is 1.00 bits per heavy atom. The zero-order valence-corrected chi connectivity index (χ0v) is 14.0. The topological polar surface area (TPSA) is 51.5 Å². The lowest BCUT2D eigenvalue weighted by atomic mass is 10.1. The highest BCUT2D eigenvalue weighted by Crippen LogP contribution is 2.30. The van der Waals surface area contributed by atoms with Crippen LogP contribution in [0.5, 0.6) is 5.75 Å². The Morgan fingerprint density at radius 2 is 1.84 bits per heavy atom. The lowest BCUT2D eigenvalue weighted by molar-refractivity contribution is 0.0998. The van der Waals surface area contributed by atoms with Crippen molar-refractivity contribution in [3.05, 3.63) is 72.0 Å². The molecule has 1 amide bonds. The smallest absolute Gasteiger partial charge is 0.291 e. The maximum Gasteiger partial charge on any atom is 0.291 e. The van der Waals surface area contributed by atoms with E-state index in [1.165, 1.54) is 0 Å². The minimum Gasteiger partial charge on any atom is -0.495 e. The first-order valence-corrected chi connectivity index (χ1v) is 8.03. The van der Waals surface area contributed by atoms with Gasteiger partial charge < -0.3 is 14.5 Å². The highest BCUT2D eigenvalue weighted by Gasteiger charge is 2.16. The molecule has 4 rings (SSSR count). The molecule has 1 aromatic heterocycles. The van der Waals surface area contributed by atoms with Crippen LogP contribution < -0.4 is 10.1 Å². The average Bonchev–Trinajstić information content (AvgIpc) is 3.07. The van der Waals surface area contributed by atoms with Crippen LogP contribution in [0.3, 0.4) is 0 Å². The maximum atomic E-state index is 12.6. The number of nitrogens with one attached hydrogen (secondary N) is 1. The van der Waals surface area contributed by atoms with E-state index in [2.05, 4.69) is 5.32 Å². The average molecular weight is 331 g/mol. The summed E-state index contributed by atoms with van der Waals surface area (Å²) < 4.78 is 11.1. The van der Waals surface area contributed by atoms with Crippen LogP contribution in [0.25, 0.3) is 21.7 Å². The number of aryl methyl sites for hydroxylation is 1. The van der Waals surface area contributed by atoms with Gasteiger partial charge in [-0.1, -0.05) is 36.4 Å². The van der Waals surface area contributed by atoms with E-state index in [0.717, 1.165) is 21.7 Å². The maximum absolute atomic E-state index is 12.6. The summed E-state index contributed by atoms with van der Waals surface area (Å²) in [4.78, 5) is 12.6. The Labute approximate surface area is 145 Å². The van der Waals surface area contributed by atoms with E-state index in [-0.39, 0.29) is 11.7 Å². The fourth-order valence-electron chi connectivity index (χ4n) is 3.01.